The minimum atomic E-state index is -0.941. The molecule has 4 saturated carbocycles. The molecule has 0 amide bonds. The smallest absolute Gasteiger partial charge is 0.337 e. The molecule has 9 atom stereocenters. The minimum Gasteiger partial charge on any atom is -0.481 e. The zero-order chi connectivity index (χ0) is 36.3. The zero-order valence-corrected chi connectivity index (χ0v) is 31.4. The van der Waals surface area contributed by atoms with Crippen LogP contribution in [0, 0.1) is 56.7 Å². The molecule has 5 aliphatic carbocycles. The average molecular weight is 686 g/mol. The Kier molecular flexibility index (Phi) is 7.67. The predicted octanol–water partition coefficient (Wildman–Crippen LogP) is 11.3. The number of aromatic carboxylic acids is 1. The Morgan fingerprint density at radius 3 is 2.20 bits per heavy atom. The van der Waals surface area contributed by atoms with Gasteiger partial charge in [0, 0.05) is 17.1 Å². The van der Waals surface area contributed by atoms with Gasteiger partial charge in [-0.2, -0.15) is 0 Å². The molecule has 1 heterocycles. The first-order valence-electron chi connectivity index (χ1n) is 19.4. The molecule has 268 valence electrons. The molecule has 2 aromatic carbocycles. The van der Waals surface area contributed by atoms with Crippen LogP contribution in [0.5, 0.6) is 0 Å². The predicted molar refractivity (Wildman–Crippen MR) is 204 cm³/mol. The van der Waals surface area contributed by atoms with E-state index >= 15 is 0 Å². The summed E-state index contributed by atoms with van der Waals surface area (Å²) in [5.41, 5.74) is 6.09. The number of aromatic nitrogens is 1. The fourth-order valence-corrected chi connectivity index (χ4v) is 14.0. The van der Waals surface area contributed by atoms with Crippen molar-refractivity contribution in [1.29, 1.82) is 0 Å². The van der Waals surface area contributed by atoms with Crippen molar-refractivity contribution in [3.05, 3.63) is 84.1 Å². The van der Waals surface area contributed by atoms with Crippen LogP contribution < -0.4 is 0 Å². The fourth-order valence-electron chi connectivity index (χ4n) is 14.0. The van der Waals surface area contributed by atoms with Crippen LogP contribution in [0.15, 0.2) is 73.0 Å². The summed E-state index contributed by atoms with van der Waals surface area (Å²) >= 11 is 0. The summed E-state index contributed by atoms with van der Waals surface area (Å²) < 4.78 is 0. The van der Waals surface area contributed by atoms with Gasteiger partial charge in [0.25, 0.3) is 0 Å². The Hall–Kier alpha value is -3.73. The van der Waals surface area contributed by atoms with Crippen molar-refractivity contribution in [3.8, 4) is 11.1 Å². The molecule has 0 spiro atoms. The van der Waals surface area contributed by atoms with E-state index in [0.29, 0.717) is 45.7 Å². The third kappa shape index (κ3) is 4.54. The maximum atomic E-state index is 13.0. The summed E-state index contributed by atoms with van der Waals surface area (Å²) in [5.74, 6) is 0.554. The molecule has 4 fully saturated rings. The number of carboxylic acid groups (broad SMARTS) is 2. The lowest BCUT2D eigenvalue weighted by molar-refractivity contribution is -0.227. The summed E-state index contributed by atoms with van der Waals surface area (Å²) in [6.07, 6.45) is 13.6. The van der Waals surface area contributed by atoms with Gasteiger partial charge >= 0.3 is 11.9 Å². The Bertz CT molecular complexity index is 1990. The first-order valence-corrected chi connectivity index (χ1v) is 19.4. The number of pyridine rings is 1. The van der Waals surface area contributed by atoms with E-state index in [1.807, 2.05) is 24.3 Å². The minimum absolute atomic E-state index is 0.0359. The second-order valence-corrected chi connectivity index (χ2v) is 18.6. The maximum Gasteiger partial charge on any atom is 0.337 e. The van der Waals surface area contributed by atoms with Crippen molar-refractivity contribution in [2.24, 2.45) is 56.7 Å². The molecule has 0 saturated heterocycles. The van der Waals surface area contributed by atoms with Crippen LogP contribution in [-0.4, -0.2) is 27.1 Å². The average Bonchev–Trinajstić information content (AvgIpc) is 3.50. The van der Waals surface area contributed by atoms with Gasteiger partial charge < -0.3 is 10.2 Å². The number of allylic oxidation sites excluding steroid dienone is 3. The normalized spacial score (nSPS) is 38.1. The van der Waals surface area contributed by atoms with Crippen molar-refractivity contribution >= 4 is 28.4 Å². The van der Waals surface area contributed by atoms with E-state index < -0.39 is 17.4 Å². The molecule has 3 aromatic rings. The molecule has 2 N–H and O–H groups in total. The van der Waals surface area contributed by atoms with E-state index in [1.54, 1.807) is 6.20 Å². The highest BCUT2D eigenvalue weighted by Crippen LogP contribution is 2.77. The molecule has 0 aliphatic heterocycles. The van der Waals surface area contributed by atoms with Crippen molar-refractivity contribution in [1.82, 2.24) is 4.98 Å². The second kappa shape index (κ2) is 11.4. The van der Waals surface area contributed by atoms with Gasteiger partial charge in [-0.05, 0) is 139 Å². The Morgan fingerprint density at radius 2 is 1.51 bits per heavy atom. The lowest BCUT2D eigenvalue weighted by Crippen LogP contribution is -2.65. The van der Waals surface area contributed by atoms with E-state index in [2.05, 4.69) is 83.4 Å². The Balaban J connectivity index is 1.12. The molecular formula is C46H55NO4. The molecule has 5 aliphatic rings. The number of fused-ring (bicyclic) bond motifs is 8. The van der Waals surface area contributed by atoms with Gasteiger partial charge in [0.15, 0.2) is 0 Å². The van der Waals surface area contributed by atoms with Gasteiger partial charge in [-0.3, -0.25) is 9.78 Å². The largest absolute Gasteiger partial charge is 0.481 e. The van der Waals surface area contributed by atoms with Gasteiger partial charge in [0.2, 0.25) is 0 Å². The lowest BCUT2D eigenvalue weighted by atomic mass is 9.32. The van der Waals surface area contributed by atoms with Crippen LogP contribution >= 0.6 is 0 Å². The highest BCUT2D eigenvalue weighted by Gasteiger charge is 2.71. The van der Waals surface area contributed by atoms with Crippen molar-refractivity contribution in [3.63, 3.8) is 0 Å². The van der Waals surface area contributed by atoms with Crippen LogP contribution in [0.25, 0.3) is 27.6 Å². The number of benzene rings is 2. The molecule has 1 aromatic heterocycles. The Labute approximate surface area is 303 Å². The standard InChI is InChI=1S/C46H55NO4/c1-27(2)30-18-23-46(41(50)51)25-24-44(6)34(39(30)46)16-17-37-43(5)21-19-33(42(3,4)36(43)20-22-45(37,44)7)29-14-12-28(13-15-29)32-26-47-35-11-9-8-10-31(35)38(32)40(48)49/h8-15,19,26,30,34,36-37,39H,1,16-18,20-25H2,2-7H3,(H,48,49)(H,50,51)/t30-,34+,36?,37?,39?,43-,44+,45+,46-/m0/s1. The molecule has 5 nitrogen and oxygen atoms in total. The molecule has 51 heavy (non-hydrogen) atoms. The van der Waals surface area contributed by atoms with Gasteiger partial charge in [0.1, 0.15) is 0 Å². The third-order valence-electron chi connectivity index (χ3n) is 16.6. The van der Waals surface area contributed by atoms with Crippen LogP contribution in [0.3, 0.4) is 0 Å². The van der Waals surface area contributed by atoms with Crippen LogP contribution in [0.1, 0.15) is 115 Å². The summed E-state index contributed by atoms with van der Waals surface area (Å²) in [7, 11) is 0. The van der Waals surface area contributed by atoms with Gasteiger partial charge in [-0.25, -0.2) is 4.79 Å². The zero-order valence-electron chi connectivity index (χ0n) is 31.4. The highest BCUT2D eigenvalue weighted by molar-refractivity contribution is 6.08. The number of para-hydroxylation sites is 1. The van der Waals surface area contributed by atoms with E-state index in [0.717, 1.165) is 44.1 Å². The van der Waals surface area contributed by atoms with Crippen LogP contribution in [0.4, 0.5) is 0 Å². The summed E-state index contributed by atoms with van der Waals surface area (Å²) in [6.45, 7) is 19.2. The van der Waals surface area contributed by atoms with Crippen molar-refractivity contribution < 1.29 is 19.8 Å². The molecule has 0 radical (unpaired) electrons. The second-order valence-electron chi connectivity index (χ2n) is 18.6. The lowest BCUT2D eigenvalue weighted by Gasteiger charge is -2.72. The Morgan fingerprint density at radius 1 is 0.804 bits per heavy atom. The molecule has 3 unspecified atom stereocenters. The molecule has 8 rings (SSSR count). The third-order valence-corrected chi connectivity index (χ3v) is 16.6. The number of hydrogen-bond donors (Lipinski definition) is 2. The van der Waals surface area contributed by atoms with Crippen molar-refractivity contribution in [2.45, 2.75) is 99.3 Å². The quantitative estimate of drug-likeness (QED) is 0.261. The summed E-state index contributed by atoms with van der Waals surface area (Å²) in [4.78, 5) is 30.1. The van der Waals surface area contributed by atoms with E-state index in [-0.39, 0.29) is 27.6 Å². The van der Waals surface area contributed by atoms with Gasteiger partial charge in [-0.15, -0.1) is 0 Å². The molecular weight excluding hydrogens is 631 g/mol. The monoisotopic (exact) mass is 685 g/mol. The number of hydrogen-bond acceptors (Lipinski definition) is 3. The van der Waals surface area contributed by atoms with E-state index in [9.17, 15) is 19.8 Å². The number of carboxylic acids is 2. The summed E-state index contributed by atoms with van der Waals surface area (Å²) in [5, 5.41) is 21.6. The van der Waals surface area contributed by atoms with Crippen molar-refractivity contribution in [2.75, 3.05) is 0 Å². The number of nitrogens with zero attached hydrogens (tertiary/aromatic N) is 1. The first kappa shape index (κ1) is 34.4. The highest BCUT2D eigenvalue weighted by atomic mass is 16.4. The topological polar surface area (TPSA) is 87.5 Å². The number of rotatable bonds is 5. The van der Waals surface area contributed by atoms with Crippen LogP contribution in [0.2, 0.25) is 0 Å². The van der Waals surface area contributed by atoms with Gasteiger partial charge in [0.05, 0.1) is 16.5 Å². The van der Waals surface area contributed by atoms with Gasteiger partial charge in [-0.1, -0.05) is 95.3 Å². The maximum absolute atomic E-state index is 13.0. The molecule has 0 bridgehead atoms. The van der Waals surface area contributed by atoms with E-state index in [4.69, 9.17) is 0 Å². The van der Waals surface area contributed by atoms with Crippen LogP contribution in [-0.2, 0) is 4.79 Å². The summed E-state index contributed by atoms with van der Waals surface area (Å²) in [6, 6.07) is 15.9. The van der Waals surface area contributed by atoms with E-state index in [1.165, 1.54) is 36.0 Å². The number of aliphatic carboxylic acids is 1. The molecule has 5 heteroatoms. The SMILES string of the molecule is C=C(C)[C@@H]1CC[C@]2(C(=O)O)CC[C@]3(C)[C@H](CCC4[C@@]5(C)CC=C(c6ccc(-c7cnc8ccccc8c7C(=O)O)cc6)C(C)(C)C5CC[C@]43C)C12. The first-order chi connectivity index (χ1) is 24.1. The fraction of sp³-hybridized carbons (Fsp3) is 0.543. The number of carbonyl (C=O) groups is 2.